The van der Waals surface area contributed by atoms with E-state index in [-0.39, 0.29) is 11.8 Å². The molecule has 2 aliphatic heterocycles. The van der Waals surface area contributed by atoms with Gasteiger partial charge in [-0.05, 0) is 51.7 Å². The first-order chi connectivity index (χ1) is 22.3. The van der Waals surface area contributed by atoms with Crippen molar-refractivity contribution in [2.45, 2.75) is 53.4 Å². The number of thiazole rings is 2. The molecule has 2 aromatic carbocycles. The zero-order valence-corrected chi connectivity index (χ0v) is 29.2. The summed E-state index contributed by atoms with van der Waals surface area (Å²) in [5, 5.41) is 2.19. The Morgan fingerprint density at radius 1 is 0.565 bits per heavy atom. The maximum Gasteiger partial charge on any atom is 0.223 e. The van der Waals surface area contributed by atoms with Crippen molar-refractivity contribution in [3.63, 3.8) is 0 Å². The van der Waals surface area contributed by atoms with E-state index in [1.807, 2.05) is 46.2 Å². The van der Waals surface area contributed by atoms with E-state index in [4.69, 9.17) is 0 Å². The first-order valence-corrected chi connectivity index (χ1v) is 17.9. The molecule has 4 aromatic rings. The largest absolute Gasteiger partial charge is 0.345 e. The molecule has 2 aromatic heterocycles. The van der Waals surface area contributed by atoms with Crippen LogP contribution in [-0.2, 0) is 22.4 Å². The molecule has 2 fully saturated rings. The number of piperazine rings is 2. The third kappa shape index (κ3) is 9.16. The molecular formula is C36H46N6O2S2. The molecule has 0 unspecified atom stereocenters. The summed E-state index contributed by atoms with van der Waals surface area (Å²) in [6.07, 6.45) is 2.84. The molecule has 2 amide bonds. The van der Waals surface area contributed by atoms with Crippen LogP contribution in [0.3, 0.4) is 0 Å². The van der Waals surface area contributed by atoms with Gasteiger partial charge in [0.15, 0.2) is 10.3 Å². The van der Waals surface area contributed by atoms with E-state index in [1.54, 1.807) is 22.7 Å². The number of carbonyl (C=O) groups is 2. The Bertz CT molecular complexity index is 1400. The van der Waals surface area contributed by atoms with Crippen LogP contribution in [-0.4, -0.2) is 83.9 Å². The second-order valence-corrected chi connectivity index (χ2v) is 14.3. The van der Waals surface area contributed by atoms with Crippen molar-refractivity contribution in [2.24, 2.45) is 0 Å². The lowest BCUT2D eigenvalue weighted by Crippen LogP contribution is -2.48. The Morgan fingerprint density at radius 2 is 0.913 bits per heavy atom. The molecule has 8 nitrogen and oxygen atoms in total. The first kappa shape index (κ1) is 33.6. The summed E-state index contributed by atoms with van der Waals surface area (Å²) in [6, 6.07) is 20.4. The van der Waals surface area contributed by atoms with Gasteiger partial charge in [-0.2, -0.15) is 0 Å². The lowest BCUT2D eigenvalue weighted by atomic mass is 10.1. The van der Waals surface area contributed by atoms with Gasteiger partial charge in [0.2, 0.25) is 11.8 Å². The van der Waals surface area contributed by atoms with Gasteiger partial charge in [0, 0.05) is 75.0 Å². The van der Waals surface area contributed by atoms with E-state index in [2.05, 4.69) is 71.7 Å². The third-order valence-electron chi connectivity index (χ3n) is 8.78. The predicted molar refractivity (Wildman–Crippen MR) is 190 cm³/mol. The Balaban J connectivity index is 0.000000181. The minimum absolute atomic E-state index is 0.264. The normalized spacial score (nSPS) is 15.0. The highest BCUT2D eigenvalue weighted by atomic mass is 32.1. The highest BCUT2D eigenvalue weighted by Crippen LogP contribution is 2.27. The van der Waals surface area contributed by atoms with Gasteiger partial charge >= 0.3 is 0 Å². The van der Waals surface area contributed by atoms with E-state index in [0.717, 1.165) is 86.9 Å². The summed E-state index contributed by atoms with van der Waals surface area (Å²) in [7, 11) is 0. The van der Waals surface area contributed by atoms with Crippen LogP contribution in [0.15, 0.2) is 60.7 Å². The Morgan fingerprint density at radius 3 is 1.22 bits per heavy atom. The molecule has 0 bridgehead atoms. The quantitative estimate of drug-likeness (QED) is 0.229. The molecule has 0 saturated carbocycles. The van der Waals surface area contributed by atoms with E-state index in [1.165, 1.54) is 20.9 Å². The van der Waals surface area contributed by atoms with E-state index in [9.17, 15) is 9.59 Å². The van der Waals surface area contributed by atoms with Crippen LogP contribution in [0.1, 0.15) is 45.1 Å². The van der Waals surface area contributed by atoms with Gasteiger partial charge < -0.3 is 19.6 Å². The lowest BCUT2D eigenvalue weighted by molar-refractivity contribution is -0.132. The number of anilines is 2. The van der Waals surface area contributed by atoms with Gasteiger partial charge in [-0.3, -0.25) is 9.59 Å². The number of rotatable bonds is 8. The van der Waals surface area contributed by atoms with Crippen molar-refractivity contribution in [3.05, 3.63) is 92.9 Å². The van der Waals surface area contributed by atoms with E-state index >= 15 is 0 Å². The Kier molecular flexibility index (Phi) is 11.8. The molecule has 0 aliphatic carbocycles. The minimum Gasteiger partial charge on any atom is -0.345 e. The number of aryl methyl sites for hydroxylation is 6. The van der Waals surface area contributed by atoms with E-state index < -0.39 is 0 Å². The fraction of sp³-hybridized carbons (Fsp3) is 0.444. The van der Waals surface area contributed by atoms with Gasteiger partial charge in [-0.15, -0.1) is 22.7 Å². The van der Waals surface area contributed by atoms with Crippen molar-refractivity contribution >= 4 is 44.8 Å². The van der Waals surface area contributed by atoms with Gasteiger partial charge in [-0.25, -0.2) is 9.97 Å². The molecular weight excluding hydrogens is 613 g/mol. The summed E-state index contributed by atoms with van der Waals surface area (Å²) in [6.45, 7) is 15.0. The van der Waals surface area contributed by atoms with Crippen molar-refractivity contribution in [2.75, 3.05) is 62.2 Å². The van der Waals surface area contributed by atoms with Crippen LogP contribution in [0.4, 0.5) is 10.3 Å². The van der Waals surface area contributed by atoms with Crippen molar-refractivity contribution in [1.82, 2.24) is 19.8 Å². The second-order valence-electron chi connectivity index (χ2n) is 12.0. The van der Waals surface area contributed by atoms with Crippen LogP contribution < -0.4 is 9.80 Å². The molecule has 0 radical (unpaired) electrons. The van der Waals surface area contributed by atoms with Crippen LogP contribution in [0, 0.1) is 27.7 Å². The maximum absolute atomic E-state index is 12.4. The molecule has 6 rings (SSSR count). The van der Waals surface area contributed by atoms with Gasteiger partial charge in [0.25, 0.3) is 0 Å². The smallest absolute Gasteiger partial charge is 0.223 e. The molecule has 2 aliphatic rings. The Labute approximate surface area is 281 Å². The molecule has 4 heterocycles. The van der Waals surface area contributed by atoms with Crippen molar-refractivity contribution in [3.8, 4) is 0 Å². The summed E-state index contributed by atoms with van der Waals surface area (Å²) in [5.41, 5.74) is 4.69. The zero-order valence-electron chi connectivity index (χ0n) is 27.6. The molecule has 10 heteroatoms. The van der Waals surface area contributed by atoms with Gasteiger partial charge in [0.05, 0.1) is 11.4 Å². The summed E-state index contributed by atoms with van der Waals surface area (Å²) in [5.74, 6) is 0.528. The highest BCUT2D eigenvalue weighted by Gasteiger charge is 2.24. The molecule has 0 spiro atoms. The number of nitrogens with zero attached hydrogens (tertiary/aromatic N) is 6. The number of benzene rings is 2. The average Bonchev–Trinajstić information content (AvgIpc) is 3.62. The van der Waals surface area contributed by atoms with E-state index in [0.29, 0.717) is 12.8 Å². The van der Waals surface area contributed by atoms with Crippen LogP contribution >= 0.6 is 22.7 Å². The number of carbonyl (C=O) groups excluding carboxylic acids is 2. The number of aromatic nitrogens is 2. The summed E-state index contributed by atoms with van der Waals surface area (Å²) >= 11 is 3.50. The standard InChI is InChI=1S/2C18H23N3OS/c2*1-14-15(2)23-18(19-14)21-12-10-20(11-13-21)17(22)9-8-16-6-4-3-5-7-16/h2*3-7H,8-13H2,1-2H3. The summed E-state index contributed by atoms with van der Waals surface area (Å²) in [4.78, 5) is 45.1. The van der Waals surface area contributed by atoms with Crippen LogP contribution in [0.5, 0.6) is 0 Å². The number of hydrogen-bond acceptors (Lipinski definition) is 8. The van der Waals surface area contributed by atoms with Crippen molar-refractivity contribution in [1.29, 1.82) is 0 Å². The highest BCUT2D eigenvalue weighted by molar-refractivity contribution is 7.16. The number of hydrogen-bond donors (Lipinski definition) is 0. The monoisotopic (exact) mass is 658 g/mol. The minimum atomic E-state index is 0.264. The molecule has 244 valence electrons. The first-order valence-electron chi connectivity index (χ1n) is 16.3. The predicted octanol–water partition coefficient (Wildman–Crippen LogP) is 6.08. The van der Waals surface area contributed by atoms with Crippen LogP contribution in [0.25, 0.3) is 0 Å². The van der Waals surface area contributed by atoms with Crippen molar-refractivity contribution < 1.29 is 9.59 Å². The molecule has 46 heavy (non-hydrogen) atoms. The SMILES string of the molecule is Cc1nc(N2CCN(C(=O)CCc3ccccc3)CC2)sc1C.Cc1nc(N2CCN(C(=O)CCc3ccccc3)CC2)sc1C. The lowest BCUT2D eigenvalue weighted by Gasteiger charge is -2.34. The number of amides is 2. The fourth-order valence-corrected chi connectivity index (χ4v) is 7.51. The maximum atomic E-state index is 12.4. The zero-order chi connectivity index (χ0) is 32.5. The Hall–Kier alpha value is -3.76. The topological polar surface area (TPSA) is 72.9 Å². The van der Waals surface area contributed by atoms with Gasteiger partial charge in [-0.1, -0.05) is 60.7 Å². The third-order valence-corrected chi connectivity index (χ3v) is 11.0. The molecule has 0 N–H and O–H groups in total. The summed E-state index contributed by atoms with van der Waals surface area (Å²) < 4.78 is 0. The van der Waals surface area contributed by atoms with Crippen LogP contribution in [0.2, 0.25) is 0 Å². The second kappa shape index (κ2) is 16.2. The fourth-order valence-electron chi connectivity index (χ4n) is 5.58. The van der Waals surface area contributed by atoms with Gasteiger partial charge in [0.1, 0.15) is 0 Å². The molecule has 0 atom stereocenters. The molecule has 2 saturated heterocycles. The average molecular weight is 659 g/mol.